The minimum Gasteiger partial charge on any atom is -0.132 e. The van der Waals surface area contributed by atoms with Crippen molar-refractivity contribution in [2.24, 2.45) is 0 Å². The molecule has 0 saturated carbocycles. The Balaban J connectivity index is 2.46. The van der Waals surface area contributed by atoms with Crippen LogP contribution in [-0.2, 0) is 6.42 Å². The Labute approximate surface area is 91.4 Å². The second-order valence-electron chi connectivity index (χ2n) is 3.67. The topological polar surface area (TPSA) is 0 Å². The number of unbranched alkanes of at least 4 members (excludes halogenated alkanes) is 3. The van der Waals surface area contributed by atoms with Gasteiger partial charge >= 0.3 is 0 Å². The van der Waals surface area contributed by atoms with Crippen LogP contribution in [0.2, 0.25) is 0 Å². The number of aryl methyl sites for hydroxylation is 2. The predicted molar refractivity (Wildman–Crippen MR) is 64.8 cm³/mol. The van der Waals surface area contributed by atoms with Gasteiger partial charge in [0.2, 0.25) is 0 Å². The number of hydrogen-bond acceptors (Lipinski definition) is 1. The number of thiophene rings is 1. The lowest BCUT2D eigenvalue weighted by atomic mass is 10.1. The molecule has 0 aliphatic heterocycles. The summed E-state index contributed by atoms with van der Waals surface area (Å²) in [5, 5.41) is 0. The van der Waals surface area contributed by atoms with Crippen molar-refractivity contribution in [2.75, 3.05) is 0 Å². The lowest BCUT2D eigenvalue weighted by Crippen LogP contribution is -1.85. The maximum atomic E-state index is 5.45. The second-order valence-corrected chi connectivity index (χ2v) is 4.92. The normalized spacial score (nSPS) is 10.1. The summed E-state index contributed by atoms with van der Waals surface area (Å²) < 4.78 is 0. The van der Waals surface area contributed by atoms with Crippen molar-refractivity contribution < 1.29 is 0 Å². The quantitative estimate of drug-likeness (QED) is 0.501. The van der Waals surface area contributed by atoms with Crippen molar-refractivity contribution in [1.29, 1.82) is 0 Å². The Bertz CT molecular complexity index is 314. The molecule has 76 valence electrons. The van der Waals surface area contributed by atoms with Crippen LogP contribution >= 0.6 is 11.3 Å². The molecule has 0 amide bonds. The lowest BCUT2D eigenvalue weighted by Gasteiger charge is -1.98. The Kier molecular flexibility index (Phi) is 4.76. The molecule has 1 aromatic rings. The minimum atomic E-state index is 1.14. The molecular weight excluding hydrogens is 188 g/mol. The van der Waals surface area contributed by atoms with Crippen molar-refractivity contribution >= 4 is 11.3 Å². The zero-order valence-electron chi connectivity index (χ0n) is 9.10. The summed E-state index contributed by atoms with van der Waals surface area (Å²) >= 11 is 1.74. The van der Waals surface area contributed by atoms with Gasteiger partial charge in [-0.3, -0.25) is 0 Å². The van der Waals surface area contributed by atoms with Gasteiger partial charge in [0.25, 0.3) is 0 Å². The molecule has 1 aromatic heterocycles. The Morgan fingerprint density at radius 2 is 2.14 bits per heavy atom. The average molecular weight is 206 g/mol. The molecule has 14 heavy (non-hydrogen) atoms. The maximum absolute atomic E-state index is 5.45. The highest BCUT2D eigenvalue weighted by atomic mass is 32.1. The molecule has 0 N–H and O–H groups in total. The van der Waals surface area contributed by atoms with E-state index in [0.29, 0.717) is 0 Å². The predicted octanol–water partition coefficient (Wildman–Crippen LogP) is 4.16. The van der Waals surface area contributed by atoms with Crippen LogP contribution < -0.4 is 0 Å². The van der Waals surface area contributed by atoms with Crippen molar-refractivity contribution in [3.8, 4) is 12.3 Å². The second kappa shape index (κ2) is 5.88. The molecular formula is C13H18S. The standard InChI is InChI=1S/C13H18S/c1-4-6-7-8-9-12-10-11(3)14-13(12)5-2/h2,10H,4,6-9H2,1,3H3. The highest BCUT2D eigenvalue weighted by Crippen LogP contribution is 2.22. The van der Waals surface area contributed by atoms with Gasteiger partial charge in [-0.05, 0) is 31.4 Å². The van der Waals surface area contributed by atoms with Crippen LogP contribution in [0.4, 0.5) is 0 Å². The summed E-state index contributed by atoms with van der Waals surface area (Å²) in [7, 11) is 0. The van der Waals surface area contributed by atoms with Crippen molar-refractivity contribution in [3.05, 3.63) is 21.4 Å². The molecule has 0 aliphatic carbocycles. The van der Waals surface area contributed by atoms with Crippen molar-refractivity contribution in [3.63, 3.8) is 0 Å². The van der Waals surface area contributed by atoms with Gasteiger partial charge in [0.05, 0.1) is 4.88 Å². The zero-order valence-corrected chi connectivity index (χ0v) is 9.91. The van der Waals surface area contributed by atoms with Gasteiger partial charge in [-0.15, -0.1) is 17.8 Å². The largest absolute Gasteiger partial charge is 0.132 e. The molecule has 0 aliphatic rings. The summed E-state index contributed by atoms with van der Waals surface area (Å²) in [4.78, 5) is 2.47. The van der Waals surface area contributed by atoms with E-state index in [1.807, 2.05) is 0 Å². The van der Waals surface area contributed by atoms with Crippen LogP contribution in [0.3, 0.4) is 0 Å². The number of hydrogen-bond donors (Lipinski definition) is 0. The molecule has 0 radical (unpaired) electrons. The molecule has 0 saturated heterocycles. The molecule has 0 fully saturated rings. The fraction of sp³-hybridized carbons (Fsp3) is 0.538. The van der Waals surface area contributed by atoms with Crippen molar-refractivity contribution in [1.82, 2.24) is 0 Å². The van der Waals surface area contributed by atoms with Gasteiger partial charge in [-0.1, -0.05) is 32.1 Å². The Morgan fingerprint density at radius 3 is 2.79 bits per heavy atom. The third kappa shape index (κ3) is 3.20. The average Bonchev–Trinajstić information content (AvgIpc) is 2.54. The molecule has 0 spiro atoms. The molecule has 0 nitrogen and oxygen atoms in total. The van der Waals surface area contributed by atoms with E-state index in [4.69, 9.17) is 6.42 Å². The lowest BCUT2D eigenvalue weighted by molar-refractivity contribution is 0.667. The third-order valence-corrected chi connectivity index (χ3v) is 3.39. The van der Waals surface area contributed by atoms with E-state index in [1.54, 1.807) is 11.3 Å². The van der Waals surface area contributed by atoms with Gasteiger partial charge in [-0.2, -0.15) is 0 Å². The summed E-state index contributed by atoms with van der Waals surface area (Å²) in [5.74, 6) is 2.78. The highest BCUT2D eigenvalue weighted by Gasteiger charge is 2.03. The van der Waals surface area contributed by atoms with Gasteiger partial charge in [0, 0.05) is 4.88 Å². The van der Waals surface area contributed by atoms with Gasteiger partial charge in [0.1, 0.15) is 0 Å². The van der Waals surface area contributed by atoms with Crippen LogP contribution in [-0.4, -0.2) is 0 Å². The van der Waals surface area contributed by atoms with E-state index in [-0.39, 0.29) is 0 Å². The molecule has 0 aromatic carbocycles. The van der Waals surface area contributed by atoms with E-state index in [2.05, 4.69) is 25.8 Å². The first-order valence-electron chi connectivity index (χ1n) is 5.33. The minimum absolute atomic E-state index is 1.14. The summed E-state index contributed by atoms with van der Waals surface area (Å²) in [5.41, 5.74) is 1.38. The number of rotatable bonds is 5. The van der Waals surface area contributed by atoms with Crippen LogP contribution in [0, 0.1) is 19.3 Å². The van der Waals surface area contributed by atoms with E-state index >= 15 is 0 Å². The van der Waals surface area contributed by atoms with Crippen molar-refractivity contribution in [2.45, 2.75) is 46.0 Å². The summed E-state index contributed by atoms with van der Waals surface area (Å²) in [6.45, 7) is 4.36. The molecule has 0 bridgehead atoms. The maximum Gasteiger partial charge on any atom is 0.0800 e. The van der Waals surface area contributed by atoms with Crippen LogP contribution in [0.1, 0.15) is 47.9 Å². The van der Waals surface area contributed by atoms with E-state index in [0.717, 1.165) is 11.3 Å². The fourth-order valence-corrected chi connectivity index (χ4v) is 2.49. The third-order valence-electron chi connectivity index (χ3n) is 2.36. The van der Waals surface area contributed by atoms with E-state index in [1.165, 1.54) is 36.1 Å². The highest BCUT2D eigenvalue weighted by molar-refractivity contribution is 7.12. The first kappa shape index (κ1) is 11.3. The number of terminal acetylenes is 1. The summed E-state index contributed by atoms with van der Waals surface area (Å²) in [6.07, 6.45) is 11.9. The van der Waals surface area contributed by atoms with Gasteiger partial charge in [0.15, 0.2) is 0 Å². The molecule has 1 rings (SSSR count). The van der Waals surface area contributed by atoms with Crippen LogP contribution in [0.25, 0.3) is 0 Å². The smallest absolute Gasteiger partial charge is 0.0800 e. The van der Waals surface area contributed by atoms with E-state index < -0.39 is 0 Å². The molecule has 1 heteroatoms. The summed E-state index contributed by atoms with van der Waals surface area (Å²) in [6, 6.07) is 2.24. The van der Waals surface area contributed by atoms with Gasteiger partial charge < -0.3 is 0 Å². The first-order valence-corrected chi connectivity index (χ1v) is 6.15. The Morgan fingerprint density at radius 1 is 1.36 bits per heavy atom. The van der Waals surface area contributed by atoms with Crippen LogP contribution in [0.5, 0.6) is 0 Å². The zero-order chi connectivity index (χ0) is 10.4. The first-order chi connectivity index (χ1) is 6.77. The fourth-order valence-electron chi connectivity index (χ4n) is 1.62. The Hall–Kier alpha value is -0.740. The molecule has 0 unspecified atom stereocenters. The molecule has 1 heterocycles. The monoisotopic (exact) mass is 206 g/mol. The van der Waals surface area contributed by atoms with Crippen LogP contribution in [0.15, 0.2) is 6.07 Å². The van der Waals surface area contributed by atoms with Gasteiger partial charge in [-0.25, -0.2) is 0 Å². The molecule has 0 atom stereocenters. The SMILES string of the molecule is C#Cc1sc(C)cc1CCCCCC. The van der Waals surface area contributed by atoms with E-state index in [9.17, 15) is 0 Å².